The SMILES string of the molecule is CC=CC=CCN1C(=O)NCc2cnc(Nc3ccc(N4CCN(C)CC4)cc3)cc21. The molecule has 0 spiro atoms. The van der Waals surface area contributed by atoms with Crippen LogP contribution in [-0.4, -0.2) is 55.7 Å². The summed E-state index contributed by atoms with van der Waals surface area (Å²) in [6, 6.07) is 10.3. The maximum atomic E-state index is 12.4. The van der Waals surface area contributed by atoms with E-state index in [0.29, 0.717) is 13.1 Å². The second-order valence-electron chi connectivity index (χ2n) is 7.88. The van der Waals surface area contributed by atoms with Crippen LogP contribution in [0.3, 0.4) is 0 Å². The molecule has 2 aliphatic rings. The van der Waals surface area contributed by atoms with Crippen molar-refractivity contribution in [2.75, 3.05) is 54.9 Å². The summed E-state index contributed by atoms with van der Waals surface area (Å²) in [5.41, 5.74) is 4.12. The lowest BCUT2D eigenvalue weighted by atomic mass is 10.1. The molecular formula is C24H30N6O. The first kappa shape index (κ1) is 20.9. The minimum absolute atomic E-state index is 0.0914. The largest absolute Gasteiger partial charge is 0.369 e. The molecule has 2 N–H and O–H groups in total. The molecule has 2 aromatic rings. The van der Waals surface area contributed by atoms with Gasteiger partial charge in [0, 0.05) is 68.5 Å². The number of urea groups is 1. The molecule has 162 valence electrons. The van der Waals surface area contributed by atoms with E-state index in [4.69, 9.17) is 0 Å². The molecule has 1 fully saturated rings. The summed E-state index contributed by atoms with van der Waals surface area (Å²) in [5.74, 6) is 0.725. The van der Waals surface area contributed by atoms with Gasteiger partial charge in [0.05, 0.1) is 5.69 Å². The van der Waals surface area contributed by atoms with E-state index in [1.165, 1.54) is 5.69 Å². The van der Waals surface area contributed by atoms with Gasteiger partial charge in [-0.15, -0.1) is 0 Å². The van der Waals surface area contributed by atoms with Crippen molar-refractivity contribution in [3.05, 3.63) is 66.4 Å². The molecule has 4 rings (SSSR count). The number of pyridine rings is 1. The highest BCUT2D eigenvalue weighted by Gasteiger charge is 2.23. The predicted octanol–water partition coefficient (Wildman–Crippen LogP) is 3.74. The highest BCUT2D eigenvalue weighted by Crippen LogP contribution is 2.28. The summed E-state index contributed by atoms with van der Waals surface area (Å²) in [5, 5.41) is 6.28. The number of allylic oxidation sites excluding steroid dienone is 3. The van der Waals surface area contributed by atoms with Crippen molar-refractivity contribution in [2.45, 2.75) is 13.5 Å². The predicted molar refractivity (Wildman–Crippen MR) is 127 cm³/mol. The number of rotatable bonds is 6. The monoisotopic (exact) mass is 418 g/mol. The highest BCUT2D eigenvalue weighted by molar-refractivity contribution is 5.95. The van der Waals surface area contributed by atoms with Gasteiger partial charge in [0.25, 0.3) is 0 Å². The van der Waals surface area contributed by atoms with Gasteiger partial charge in [-0.25, -0.2) is 9.78 Å². The number of nitrogens with zero attached hydrogens (tertiary/aromatic N) is 4. The van der Waals surface area contributed by atoms with E-state index in [1.54, 1.807) is 4.90 Å². The first-order chi connectivity index (χ1) is 15.1. The Balaban J connectivity index is 1.47. The van der Waals surface area contributed by atoms with Crippen LogP contribution in [0.15, 0.2) is 60.8 Å². The number of anilines is 4. The van der Waals surface area contributed by atoms with Crippen molar-refractivity contribution in [3.63, 3.8) is 0 Å². The number of hydrogen-bond donors (Lipinski definition) is 2. The number of nitrogens with one attached hydrogen (secondary N) is 2. The average molecular weight is 419 g/mol. The van der Waals surface area contributed by atoms with Gasteiger partial charge in [0.1, 0.15) is 5.82 Å². The number of likely N-dealkylation sites (N-methyl/N-ethyl adjacent to an activating group) is 1. The zero-order valence-electron chi connectivity index (χ0n) is 18.2. The van der Waals surface area contributed by atoms with E-state index in [2.05, 4.69) is 56.7 Å². The van der Waals surface area contributed by atoms with Crippen molar-refractivity contribution in [1.29, 1.82) is 0 Å². The Labute approximate surface area is 184 Å². The van der Waals surface area contributed by atoms with Gasteiger partial charge in [0.2, 0.25) is 0 Å². The van der Waals surface area contributed by atoms with Gasteiger partial charge >= 0.3 is 6.03 Å². The number of benzene rings is 1. The lowest BCUT2D eigenvalue weighted by Crippen LogP contribution is -2.44. The van der Waals surface area contributed by atoms with Crippen LogP contribution in [0.4, 0.5) is 27.7 Å². The van der Waals surface area contributed by atoms with Crippen LogP contribution in [0.1, 0.15) is 12.5 Å². The van der Waals surface area contributed by atoms with Crippen molar-refractivity contribution in [2.24, 2.45) is 0 Å². The molecule has 7 nitrogen and oxygen atoms in total. The summed E-state index contributed by atoms with van der Waals surface area (Å²) in [6.07, 6.45) is 9.66. The van der Waals surface area contributed by atoms with E-state index in [9.17, 15) is 4.79 Å². The first-order valence-corrected chi connectivity index (χ1v) is 10.8. The molecule has 1 aromatic carbocycles. The Morgan fingerprint density at radius 2 is 1.90 bits per heavy atom. The van der Waals surface area contributed by atoms with Crippen molar-refractivity contribution >= 4 is 28.9 Å². The molecule has 0 bridgehead atoms. The molecule has 3 heterocycles. The zero-order valence-corrected chi connectivity index (χ0v) is 18.2. The molecular weight excluding hydrogens is 388 g/mol. The maximum Gasteiger partial charge on any atom is 0.322 e. The molecule has 0 unspecified atom stereocenters. The number of hydrogen-bond acceptors (Lipinski definition) is 5. The van der Waals surface area contributed by atoms with Crippen LogP contribution < -0.4 is 20.4 Å². The molecule has 0 radical (unpaired) electrons. The third kappa shape index (κ3) is 5.06. The number of carbonyl (C=O) groups excluding carboxylic acids is 1. The fourth-order valence-electron chi connectivity index (χ4n) is 3.81. The molecule has 1 saturated heterocycles. The molecule has 0 saturated carbocycles. The smallest absolute Gasteiger partial charge is 0.322 e. The molecule has 0 atom stereocenters. The third-order valence-electron chi connectivity index (χ3n) is 5.66. The first-order valence-electron chi connectivity index (χ1n) is 10.8. The van der Waals surface area contributed by atoms with E-state index < -0.39 is 0 Å². The second kappa shape index (κ2) is 9.66. The fourth-order valence-corrected chi connectivity index (χ4v) is 3.81. The van der Waals surface area contributed by atoms with Gasteiger partial charge in [-0.05, 0) is 38.2 Å². The Kier molecular flexibility index (Phi) is 6.52. The third-order valence-corrected chi connectivity index (χ3v) is 5.66. The van der Waals surface area contributed by atoms with E-state index in [0.717, 1.165) is 48.9 Å². The van der Waals surface area contributed by atoms with Gasteiger partial charge in [0.15, 0.2) is 0 Å². The standard InChI is InChI=1S/C24H30N6O/c1-3-4-5-6-11-30-22-16-23(25-17-19(22)18-26-24(30)31)27-20-7-9-21(10-8-20)29-14-12-28(2)13-15-29/h3-10,16-17H,11-15,18H2,1-2H3,(H,25,27)(H,26,31). The molecule has 2 amide bonds. The topological polar surface area (TPSA) is 63.7 Å². The summed E-state index contributed by atoms with van der Waals surface area (Å²) >= 11 is 0. The lowest BCUT2D eigenvalue weighted by molar-refractivity contribution is 0.245. The quantitative estimate of drug-likeness (QED) is 0.700. The minimum Gasteiger partial charge on any atom is -0.369 e. The zero-order chi connectivity index (χ0) is 21.6. The summed E-state index contributed by atoms with van der Waals surface area (Å²) in [6.45, 7) is 7.25. The molecule has 0 aliphatic carbocycles. The van der Waals surface area contributed by atoms with E-state index >= 15 is 0 Å². The minimum atomic E-state index is -0.0914. The van der Waals surface area contributed by atoms with Crippen LogP contribution in [0.5, 0.6) is 0 Å². The maximum absolute atomic E-state index is 12.4. The number of aromatic nitrogens is 1. The van der Waals surface area contributed by atoms with Gasteiger partial charge < -0.3 is 20.4 Å². The number of fused-ring (bicyclic) bond motifs is 1. The summed E-state index contributed by atoms with van der Waals surface area (Å²) in [7, 11) is 2.17. The normalized spacial score (nSPS) is 17.3. The van der Waals surface area contributed by atoms with Gasteiger partial charge in [-0.1, -0.05) is 24.3 Å². The second-order valence-corrected chi connectivity index (χ2v) is 7.88. The van der Waals surface area contributed by atoms with Crippen LogP contribution >= 0.6 is 0 Å². The molecule has 2 aliphatic heterocycles. The van der Waals surface area contributed by atoms with Crippen molar-refractivity contribution in [1.82, 2.24) is 15.2 Å². The lowest BCUT2D eigenvalue weighted by Gasteiger charge is -2.34. The number of carbonyl (C=O) groups is 1. The number of amides is 2. The van der Waals surface area contributed by atoms with Crippen LogP contribution in [-0.2, 0) is 6.54 Å². The Morgan fingerprint density at radius 1 is 1.13 bits per heavy atom. The van der Waals surface area contributed by atoms with Crippen LogP contribution in [0.25, 0.3) is 0 Å². The fraction of sp³-hybridized carbons (Fsp3) is 0.333. The molecule has 7 heteroatoms. The highest BCUT2D eigenvalue weighted by atomic mass is 16.2. The Hall–Kier alpha value is -3.32. The van der Waals surface area contributed by atoms with Crippen LogP contribution in [0, 0.1) is 0 Å². The number of piperazine rings is 1. The average Bonchev–Trinajstić information content (AvgIpc) is 2.79. The van der Waals surface area contributed by atoms with E-state index in [1.807, 2.05) is 43.5 Å². The van der Waals surface area contributed by atoms with Gasteiger partial charge in [-0.2, -0.15) is 0 Å². The summed E-state index contributed by atoms with van der Waals surface area (Å²) < 4.78 is 0. The Bertz CT molecular complexity index is 961. The molecule has 1 aromatic heterocycles. The molecule has 31 heavy (non-hydrogen) atoms. The van der Waals surface area contributed by atoms with Crippen molar-refractivity contribution in [3.8, 4) is 0 Å². The van der Waals surface area contributed by atoms with Crippen LogP contribution in [0.2, 0.25) is 0 Å². The van der Waals surface area contributed by atoms with Gasteiger partial charge in [-0.3, -0.25) is 4.90 Å². The summed E-state index contributed by atoms with van der Waals surface area (Å²) in [4.78, 5) is 23.5. The Morgan fingerprint density at radius 3 is 2.65 bits per heavy atom. The van der Waals surface area contributed by atoms with Crippen molar-refractivity contribution < 1.29 is 4.79 Å². The van der Waals surface area contributed by atoms with E-state index in [-0.39, 0.29) is 6.03 Å².